The van der Waals surface area contributed by atoms with Crippen molar-refractivity contribution >= 4 is 52.3 Å². The molecule has 0 spiro atoms. The van der Waals surface area contributed by atoms with Crippen molar-refractivity contribution in [2.45, 2.75) is 43.5 Å². The van der Waals surface area contributed by atoms with Gasteiger partial charge in [-0.15, -0.1) is 0 Å². The lowest BCUT2D eigenvalue weighted by atomic mass is 9.83. The van der Waals surface area contributed by atoms with Crippen LogP contribution in [0, 0.1) is 5.92 Å². The fourth-order valence-electron chi connectivity index (χ4n) is 5.42. The number of benzene rings is 2. The van der Waals surface area contributed by atoms with Gasteiger partial charge in [0.15, 0.2) is 0 Å². The number of fused-ring (bicyclic) bond motifs is 2. The third-order valence-electron chi connectivity index (χ3n) is 7.35. The fraction of sp³-hybridized carbons (Fsp3) is 0.379. The minimum atomic E-state index is -0.753. The van der Waals surface area contributed by atoms with Crippen molar-refractivity contribution in [1.29, 1.82) is 0 Å². The summed E-state index contributed by atoms with van der Waals surface area (Å²) in [6.07, 6.45) is 0. The van der Waals surface area contributed by atoms with Crippen LogP contribution < -0.4 is 19.4 Å². The molecule has 11 heteroatoms. The molecule has 0 aliphatic carbocycles. The maximum Gasteiger partial charge on any atom is 0.326 e. The number of hydrogen-bond donors (Lipinski definition) is 0. The Hall–Kier alpha value is -3.57. The predicted molar refractivity (Wildman–Crippen MR) is 156 cm³/mol. The lowest BCUT2D eigenvalue weighted by Crippen LogP contribution is -2.32. The molecule has 2 aliphatic rings. The van der Waals surface area contributed by atoms with Crippen molar-refractivity contribution in [2.24, 2.45) is 5.92 Å². The number of rotatable bonds is 9. The number of thiazole rings is 1. The number of carbonyl (C=O) groups is 3. The zero-order chi connectivity index (χ0) is 28.6. The van der Waals surface area contributed by atoms with E-state index in [0.717, 1.165) is 35.7 Å². The van der Waals surface area contributed by atoms with Crippen molar-refractivity contribution in [1.82, 2.24) is 4.57 Å². The van der Waals surface area contributed by atoms with Gasteiger partial charge in [0.2, 0.25) is 11.8 Å². The van der Waals surface area contributed by atoms with Gasteiger partial charge in [-0.3, -0.25) is 23.7 Å². The van der Waals surface area contributed by atoms with E-state index in [9.17, 15) is 19.2 Å². The number of nitrogens with zero attached hydrogens (tertiary/aromatic N) is 3. The molecule has 3 heterocycles. The summed E-state index contributed by atoms with van der Waals surface area (Å²) in [6, 6.07) is 14.8. The van der Waals surface area contributed by atoms with Crippen molar-refractivity contribution in [2.75, 3.05) is 36.6 Å². The molecule has 0 N–H and O–H groups in total. The molecule has 0 bridgehead atoms. The zero-order valence-electron chi connectivity index (χ0n) is 22.8. The molecular formula is C29H31N3O6S2. The van der Waals surface area contributed by atoms with Gasteiger partial charge in [0.1, 0.15) is 17.5 Å². The average Bonchev–Trinajstić information content (AvgIpc) is 3.40. The van der Waals surface area contributed by atoms with E-state index >= 15 is 0 Å². The molecule has 3 atom stereocenters. The Morgan fingerprint density at radius 1 is 0.950 bits per heavy atom. The number of anilines is 2. The highest BCUT2D eigenvalue weighted by molar-refractivity contribution is 8.00. The number of amides is 2. The van der Waals surface area contributed by atoms with Gasteiger partial charge in [-0.05, 0) is 62.7 Å². The van der Waals surface area contributed by atoms with E-state index in [1.165, 1.54) is 21.2 Å². The van der Waals surface area contributed by atoms with Gasteiger partial charge in [-0.1, -0.05) is 35.2 Å². The van der Waals surface area contributed by atoms with Crippen LogP contribution in [0.3, 0.4) is 0 Å². The summed E-state index contributed by atoms with van der Waals surface area (Å²) < 4.78 is 11.7. The van der Waals surface area contributed by atoms with Crippen molar-refractivity contribution in [3.05, 3.63) is 68.6 Å². The lowest BCUT2D eigenvalue weighted by molar-refractivity contribution is -0.144. The first-order valence-corrected chi connectivity index (χ1v) is 14.9. The summed E-state index contributed by atoms with van der Waals surface area (Å²) in [5, 5.41) is -0.211. The van der Waals surface area contributed by atoms with Crippen LogP contribution in [-0.4, -0.2) is 54.4 Å². The highest BCUT2D eigenvalue weighted by atomic mass is 32.2. The first kappa shape index (κ1) is 28.0. The maximum absolute atomic E-state index is 14.0. The Bertz CT molecular complexity index is 1480. The van der Waals surface area contributed by atoms with E-state index in [4.69, 9.17) is 9.47 Å². The van der Waals surface area contributed by atoms with E-state index in [-0.39, 0.29) is 29.8 Å². The van der Waals surface area contributed by atoms with Crippen LogP contribution in [0.1, 0.15) is 37.1 Å². The number of thioether (sulfide) groups is 1. The molecular weight excluding hydrogens is 550 g/mol. The van der Waals surface area contributed by atoms with E-state index in [2.05, 4.69) is 18.7 Å². The van der Waals surface area contributed by atoms with Crippen LogP contribution >= 0.6 is 23.1 Å². The second-order valence-electron chi connectivity index (χ2n) is 9.44. The first-order chi connectivity index (χ1) is 19.3. The molecule has 0 unspecified atom stereocenters. The van der Waals surface area contributed by atoms with E-state index in [0.29, 0.717) is 21.3 Å². The molecule has 2 amide bonds. The van der Waals surface area contributed by atoms with Crippen LogP contribution in [0.4, 0.5) is 11.4 Å². The molecule has 5 rings (SSSR count). The van der Waals surface area contributed by atoms with Gasteiger partial charge < -0.3 is 14.4 Å². The molecule has 0 radical (unpaired) electrons. The average molecular weight is 582 g/mol. The Labute approximate surface area is 240 Å². The Kier molecular flexibility index (Phi) is 8.04. The SMILES string of the molecule is CCOC(=O)Cn1c2c(sc1=O)[C@@H](c1ccc(N(CC)CC)cc1)[C@@H]1C(=O)N(c3ccc(OC)cc3)C(=O)[C@@H]1S2. The highest BCUT2D eigenvalue weighted by Crippen LogP contribution is 2.54. The van der Waals surface area contributed by atoms with Crippen molar-refractivity contribution in [3.63, 3.8) is 0 Å². The van der Waals surface area contributed by atoms with Gasteiger partial charge in [-0.2, -0.15) is 0 Å². The Morgan fingerprint density at radius 2 is 1.62 bits per heavy atom. The van der Waals surface area contributed by atoms with Crippen LogP contribution in [-0.2, 0) is 25.7 Å². The summed E-state index contributed by atoms with van der Waals surface area (Å²) in [5.74, 6) is -1.79. The highest BCUT2D eigenvalue weighted by Gasteiger charge is 2.56. The molecule has 9 nitrogen and oxygen atoms in total. The van der Waals surface area contributed by atoms with Crippen LogP contribution in [0.25, 0.3) is 0 Å². The largest absolute Gasteiger partial charge is 0.497 e. The number of methoxy groups -OCH3 is 1. The number of hydrogen-bond acceptors (Lipinski definition) is 9. The van der Waals surface area contributed by atoms with Gasteiger partial charge in [-0.25, -0.2) is 4.90 Å². The molecule has 3 aromatic rings. The van der Waals surface area contributed by atoms with Gasteiger partial charge in [0.25, 0.3) is 0 Å². The van der Waals surface area contributed by atoms with E-state index in [1.807, 2.05) is 24.3 Å². The standard InChI is InChI=1S/C29H31N3O6S2/c1-5-30(6-2)18-10-8-17(9-11-18)22-23-24(27(35)32(26(23)34)19-12-14-20(37-4)15-13-19)39-28-25(22)40-29(36)31(28)16-21(33)38-7-3/h8-15,22-24H,5-7,16H2,1-4H3/t22-,23-,24+/m0/s1. The molecule has 1 aromatic heterocycles. The fourth-order valence-corrected chi connectivity index (χ4v) is 8.19. The van der Waals surface area contributed by atoms with Crippen LogP contribution in [0.2, 0.25) is 0 Å². The van der Waals surface area contributed by atoms with E-state index in [1.54, 1.807) is 38.3 Å². The minimum absolute atomic E-state index is 0.197. The molecule has 1 fully saturated rings. The normalized spacial score (nSPS) is 19.8. The monoisotopic (exact) mass is 581 g/mol. The van der Waals surface area contributed by atoms with Crippen molar-refractivity contribution in [3.8, 4) is 5.75 Å². The molecule has 1 saturated heterocycles. The molecule has 0 saturated carbocycles. The second-order valence-corrected chi connectivity index (χ2v) is 11.6. The van der Waals surface area contributed by atoms with Gasteiger partial charge in [0.05, 0.1) is 30.3 Å². The summed E-state index contributed by atoms with van der Waals surface area (Å²) in [5.41, 5.74) is 2.36. The number of esters is 1. The maximum atomic E-state index is 14.0. The molecule has 40 heavy (non-hydrogen) atoms. The third kappa shape index (κ3) is 4.81. The summed E-state index contributed by atoms with van der Waals surface area (Å²) in [6.45, 7) is 7.54. The summed E-state index contributed by atoms with van der Waals surface area (Å²) in [7, 11) is 1.55. The smallest absolute Gasteiger partial charge is 0.326 e. The Balaban J connectivity index is 1.61. The van der Waals surface area contributed by atoms with E-state index < -0.39 is 23.1 Å². The summed E-state index contributed by atoms with van der Waals surface area (Å²) >= 11 is 2.21. The number of imide groups is 1. The van der Waals surface area contributed by atoms with Gasteiger partial charge in [0, 0.05) is 29.6 Å². The molecule has 210 valence electrons. The van der Waals surface area contributed by atoms with Crippen LogP contribution in [0.15, 0.2) is 58.4 Å². The quantitative estimate of drug-likeness (QED) is 0.275. The Morgan fingerprint density at radius 3 is 2.23 bits per heavy atom. The predicted octanol–water partition coefficient (Wildman–Crippen LogP) is 4.12. The van der Waals surface area contributed by atoms with Crippen LogP contribution in [0.5, 0.6) is 5.75 Å². The first-order valence-electron chi connectivity index (χ1n) is 13.2. The zero-order valence-corrected chi connectivity index (χ0v) is 24.4. The topological polar surface area (TPSA) is 98.2 Å². The number of aromatic nitrogens is 1. The third-order valence-corrected chi connectivity index (χ3v) is 9.96. The molecule has 2 aliphatic heterocycles. The number of ether oxygens (including phenoxy) is 2. The lowest BCUT2D eigenvalue weighted by Gasteiger charge is -2.31. The molecule has 2 aromatic carbocycles. The number of carbonyl (C=O) groups excluding carboxylic acids is 3. The minimum Gasteiger partial charge on any atom is -0.497 e. The van der Waals surface area contributed by atoms with Gasteiger partial charge >= 0.3 is 10.8 Å². The summed E-state index contributed by atoms with van der Waals surface area (Å²) in [4.78, 5) is 57.2. The second kappa shape index (κ2) is 11.5. The van der Waals surface area contributed by atoms with Crippen molar-refractivity contribution < 1.29 is 23.9 Å².